The number of carbonyl (C=O) groups excluding carboxylic acids is 2. The van der Waals surface area contributed by atoms with E-state index in [0.717, 1.165) is 17.9 Å². The first-order valence-corrected chi connectivity index (χ1v) is 9.52. The molecule has 0 saturated carbocycles. The summed E-state index contributed by atoms with van der Waals surface area (Å²) in [6.07, 6.45) is 1.05. The maximum absolute atomic E-state index is 12.3. The maximum Gasteiger partial charge on any atom is 0.225 e. The van der Waals surface area contributed by atoms with Gasteiger partial charge in [0, 0.05) is 19.5 Å². The molecule has 1 saturated heterocycles. The molecule has 28 heavy (non-hydrogen) atoms. The smallest absolute Gasteiger partial charge is 0.225 e. The van der Waals surface area contributed by atoms with Crippen LogP contribution in [0.1, 0.15) is 12.0 Å². The van der Waals surface area contributed by atoms with Gasteiger partial charge in [-0.15, -0.1) is 0 Å². The van der Waals surface area contributed by atoms with Crippen LogP contribution in [0.5, 0.6) is 11.5 Å². The second kappa shape index (κ2) is 9.78. The Kier molecular flexibility index (Phi) is 6.89. The van der Waals surface area contributed by atoms with Crippen molar-refractivity contribution >= 4 is 11.8 Å². The zero-order valence-electron chi connectivity index (χ0n) is 16.1. The molecule has 2 aromatic rings. The summed E-state index contributed by atoms with van der Waals surface area (Å²) in [6, 6.07) is 17.3. The molecule has 0 bridgehead atoms. The Morgan fingerprint density at radius 2 is 1.82 bits per heavy atom. The van der Waals surface area contributed by atoms with Gasteiger partial charge >= 0.3 is 0 Å². The van der Waals surface area contributed by atoms with Gasteiger partial charge in [-0.1, -0.05) is 30.3 Å². The number of rotatable bonds is 9. The zero-order valence-corrected chi connectivity index (χ0v) is 16.1. The Hall–Kier alpha value is -3.02. The highest BCUT2D eigenvalue weighted by Crippen LogP contribution is 2.19. The van der Waals surface area contributed by atoms with Gasteiger partial charge in [-0.3, -0.25) is 9.59 Å². The third kappa shape index (κ3) is 5.49. The first-order chi connectivity index (χ1) is 13.7. The normalized spacial score (nSPS) is 16.1. The van der Waals surface area contributed by atoms with Crippen LogP contribution in [0.15, 0.2) is 54.6 Å². The molecule has 1 unspecified atom stereocenters. The summed E-state index contributed by atoms with van der Waals surface area (Å²) in [7, 11) is 1.61. The lowest BCUT2D eigenvalue weighted by Crippen LogP contribution is -2.35. The fraction of sp³-hybridized carbons (Fsp3) is 0.364. The zero-order chi connectivity index (χ0) is 19.8. The van der Waals surface area contributed by atoms with Gasteiger partial charge in [0.2, 0.25) is 11.8 Å². The van der Waals surface area contributed by atoms with E-state index in [4.69, 9.17) is 9.47 Å². The van der Waals surface area contributed by atoms with E-state index in [9.17, 15) is 9.59 Å². The van der Waals surface area contributed by atoms with Gasteiger partial charge in [-0.2, -0.15) is 0 Å². The molecule has 1 fully saturated rings. The van der Waals surface area contributed by atoms with E-state index in [2.05, 4.69) is 5.32 Å². The van der Waals surface area contributed by atoms with Gasteiger partial charge in [-0.05, 0) is 36.2 Å². The van der Waals surface area contributed by atoms with Crippen LogP contribution < -0.4 is 14.8 Å². The number of methoxy groups -OCH3 is 1. The molecular weight excluding hydrogens is 356 g/mol. The van der Waals surface area contributed by atoms with E-state index >= 15 is 0 Å². The van der Waals surface area contributed by atoms with Crippen LogP contribution in [-0.4, -0.2) is 50.1 Å². The molecule has 0 radical (unpaired) electrons. The topological polar surface area (TPSA) is 67.9 Å². The van der Waals surface area contributed by atoms with Gasteiger partial charge < -0.3 is 19.7 Å². The summed E-state index contributed by atoms with van der Waals surface area (Å²) >= 11 is 0. The van der Waals surface area contributed by atoms with Crippen LogP contribution in [0, 0.1) is 5.92 Å². The summed E-state index contributed by atoms with van der Waals surface area (Å²) in [5, 5.41) is 2.95. The van der Waals surface area contributed by atoms with Crippen LogP contribution in [-0.2, 0) is 16.0 Å². The quantitative estimate of drug-likeness (QED) is 0.723. The van der Waals surface area contributed by atoms with E-state index in [1.54, 1.807) is 12.0 Å². The van der Waals surface area contributed by atoms with E-state index in [1.807, 2.05) is 54.6 Å². The molecule has 0 aliphatic carbocycles. The largest absolute Gasteiger partial charge is 0.497 e. The van der Waals surface area contributed by atoms with Crippen molar-refractivity contribution in [2.24, 2.45) is 5.92 Å². The summed E-state index contributed by atoms with van der Waals surface area (Å²) in [6.45, 7) is 1.88. The predicted molar refractivity (Wildman–Crippen MR) is 106 cm³/mol. The predicted octanol–water partition coefficient (Wildman–Crippen LogP) is 2.28. The lowest BCUT2D eigenvalue weighted by Gasteiger charge is -2.17. The Morgan fingerprint density at radius 3 is 2.54 bits per heavy atom. The van der Waals surface area contributed by atoms with Crippen LogP contribution in [0.4, 0.5) is 0 Å². The minimum Gasteiger partial charge on any atom is -0.497 e. The number of benzene rings is 2. The number of ether oxygens (including phenoxy) is 2. The molecule has 3 rings (SSSR count). The highest BCUT2D eigenvalue weighted by Gasteiger charge is 2.33. The molecule has 6 nitrogen and oxygen atoms in total. The molecule has 2 aromatic carbocycles. The standard InChI is InChI=1S/C22H26N2O4/c1-27-19-7-9-20(10-8-19)28-14-13-24-16-18(15-21(24)25)22(26)23-12-11-17-5-3-2-4-6-17/h2-10,18H,11-16H2,1H3,(H,23,26). The number of likely N-dealkylation sites (tertiary alicyclic amines) is 1. The maximum atomic E-state index is 12.3. The Morgan fingerprint density at radius 1 is 1.11 bits per heavy atom. The van der Waals surface area contributed by atoms with Crippen LogP contribution >= 0.6 is 0 Å². The second-order valence-corrected chi connectivity index (χ2v) is 6.79. The van der Waals surface area contributed by atoms with Gasteiger partial charge in [0.15, 0.2) is 0 Å². The number of carbonyl (C=O) groups is 2. The summed E-state index contributed by atoms with van der Waals surface area (Å²) in [4.78, 5) is 26.2. The monoisotopic (exact) mass is 382 g/mol. The molecular formula is C22H26N2O4. The van der Waals surface area contributed by atoms with E-state index < -0.39 is 0 Å². The number of nitrogens with zero attached hydrogens (tertiary/aromatic N) is 1. The number of hydrogen-bond acceptors (Lipinski definition) is 4. The highest BCUT2D eigenvalue weighted by atomic mass is 16.5. The summed E-state index contributed by atoms with van der Waals surface area (Å²) < 4.78 is 10.8. The number of hydrogen-bond donors (Lipinski definition) is 1. The number of nitrogens with one attached hydrogen (secondary N) is 1. The molecule has 1 atom stereocenters. The lowest BCUT2D eigenvalue weighted by atomic mass is 10.1. The van der Waals surface area contributed by atoms with Crippen molar-refractivity contribution in [3.8, 4) is 11.5 Å². The average Bonchev–Trinajstić information content (AvgIpc) is 3.10. The van der Waals surface area contributed by atoms with Crippen molar-refractivity contribution in [3.63, 3.8) is 0 Å². The fourth-order valence-electron chi connectivity index (χ4n) is 3.23. The van der Waals surface area contributed by atoms with E-state index in [1.165, 1.54) is 5.56 Å². The van der Waals surface area contributed by atoms with Gasteiger partial charge in [-0.25, -0.2) is 0 Å². The van der Waals surface area contributed by atoms with Crippen molar-refractivity contribution in [1.29, 1.82) is 0 Å². The Labute approximate surface area is 165 Å². The van der Waals surface area contributed by atoms with Crippen molar-refractivity contribution < 1.29 is 19.1 Å². The minimum absolute atomic E-state index is 0.00143. The van der Waals surface area contributed by atoms with Gasteiger partial charge in [0.1, 0.15) is 18.1 Å². The third-order valence-electron chi connectivity index (χ3n) is 4.83. The van der Waals surface area contributed by atoms with Gasteiger partial charge in [0.25, 0.3) is 0 Å². The molecule has 2 amide bonds. The first kappa shape index (κ1) is 19.7. The molecule has 148 valence electrons. The molecule has 1 aliphatic heterocycles. The lowest BCUT2D eigenvalue weighted by molar-refractivity contribution is -0.129. The SMILES string of the molecule is COc1ccc(OCCN2CC(C(=O)NCCc3ccccc3)CC2=O)cc1. The molecule has 0 spiro atoms. The highest BCUT2D eigenvalue weighted by molar-refractivity contribution is 5.89. The Balaban J connectivity index is 1.38. The molecule has 1 heterocycles. The molecule has 6 heteroatoms. The van der Waals surface area contributed by atoms with Crippen molar-refractivity contribution in [3.05, 3.63) is 60.2 Å². The molecule has 1 N–H and O–H groups in total. The van der Waals surface area contributed by atoms with E-state index in [0.29, 0.717) is 26.2 Å². The second-order valence-electron chi connectivity index (χ2n) is 6.79. The third-order valence-corrected chi connectivity index (χ3v) is 4.83. The summed E-state index contributed by atoms with van der Waals surface area (Å²) in [5.74, 6) is 1.15. The van der Waals surface area contributed by atoms with E-state index in [-0.39, 0.29) is 24.2 Å². The minimum atomic E-state index is -0.288. The molecule has 0 aromatic heterocycles. The fourth-order valence-corrected chi connectivity index (χ4v) is 3.23. The summed E-state index contributed by atoms with van der Waals surface area (Å²) in [5.41, 5.74) is 1.18. The van der Waals surface area contributed by atoms with Gasteiger partial charge in [0.05, 0.1) is 19.6 Å². The average molecular weight is 382 g/mol. The van der Waals surface area contributed by atoms with Crippen LogP contribution in [0.25, 0.3) is 0 Å². The van der Waals surface area contributed by atoms with Crippen LogP contribution in [0.2, 0.25) is 0 Å². The van der Waals surface area contributed by atoms with Crippen molar-refractivity contribution in [2.45, 2.75) is 12.8 Å². The van der Waals surface area contributed by atoms with Crippen molar-refractivity contribution in [2.75, 3.05) is 33.4 Å². The Bertz CT molecular complexity index is 777. The van der Waals surface area contributed by atoms with Crippen LogP contribution in [0.3, 0.4) is 0 Å². The molecule has 1 aliphatic rings. The van der Waals surface area contributed by atoms with Crippen molar-refractivity contribution in [1.82, 2.24) is 10.2 Å². The number of amides is 2. The first-order valence-electron chi connectivity index (χ1n) is 9.52.